The Hall–Kier alpha value is -2.81. The second-order valence-electron chi connectivity index (χ2n) is 7.39. The second-order valence-corrected chi connectivity index (χ2v) is 7.39. The molecule has 0 bridgehead atoms. The number of alkyl halides is 2. The molecule has 2 fully saturated rings. The lowest BCUT2D eigenvalue weighted by molar-refractivity contribution is 0.0256. The molecule has 5 rings (SSSR count). The average Bonchev–Trinajstić information content (AvgIpc) is 3.41. The molecule has 146 valence electrons. The molecule has 28 heavy (non-hydrogen) atoms. The summed E-state index contributed by atoms with van der Waals surface area (Å²) >= 11 is 0. The number of halogens is 2. The number of nitrogens with zero attached hydrogens (tertiary/aromatic N) is 5. The van der Waals surface area contributed by atoms with Crippen LogP contribution in [0.5, 0.6) is 0 Å². The van der Waals surface area contributed by atoms with Crippen LogP contribution in [0.1, 0.15) is 12.8 Å². The Morgan fingerprint density at radius 3 is 2.93 bits per heavy atom. The van der Waals surface area contributed by atoms with Crippen molar-refractivity contribution in [3.8, 4) is 11.4 Å². The molecule has 0 aliphatic carbocycles. The maximum atomic E-state index is 13.6. The van der Waals surface area contributed by atoms with Gasteiger partial charge in [0.05, 0.1) is 36.5 Å². The van der Waals surface area contributed by atoms with Gasteiger partial charge in [0.2, 0.25) is 0 Å². The summed E-state index contributed by atoms with van der Waals surface area (Å²) in [7, 11) is 0. The number of aromatic nitrogens is 4. The van der Waals surface area contributed by atoms with Crippen molar-refractivity contribution in [1.82, 2.24) is 24.7 Å². The minimum absolute atomic E-state index is 0.144. The minimum Gasteiger partial charge on any atom is -0.366 e. The third-order valence-electron chi connectivity index (χ3n) is 5.30. The highest BCUT2D eigenvalue weighted by Crippen LogP contribution is 2.30. The van der Waals surface area contributed by atoms with E-state index in [1.807, 2.05) is 22.6 Å². The quantitative estimate of drug-likeness (QED) is 0.719. The molecule has 0 unspecified atom stereocenters. The third kappa shape index (κ3) is 3.26. The number of imidazole rings is 1. The molecule has 2 saturated heterocycles. The standard InChI is InChI=1S/C19H21F2N7/c20-19(21)5-7-27(12-19)18-11-28-15(9-23-17(28)10-24-18)14-2-1-3-16(26-14)25-13-4-6-22-8-13/h1-3,9-11,13,22H,4-8,12H2,(H,25,26)/t13-/m1/s1. The van der Waals surface area contributed by atoms with Gasteiger partial charge in [-0.3, -0.25) is 4.40 Å². The predicted octanol–water partition coefficient (Wildman–Crippen LogP) is 2.41. The summed E-state index contributed by atoms with van der Waals surface area (Å²) in [5.41, 5.74) is 2.23. The lowest BCUT2D eigenvalue weighted by Crippen LogP contribution is -2.25. The van der Waals surface area contributed by atoms with Crippen molar-refractivity contribution in [2.75, 3.05) is 36.4 Å². The van der Waals surface area contributed by atoms with Crippen LogP contribution in [0.4, 0.5) is 20.4 Å². The van der Waals surface area contributed by atoms with Crippen molar-refractivity contribution in [3.05, 3.63) is 36.8 Å². The number of anilines is 2. The Bertz CT molecular complexity index is 997. The molecule has 1 atom stereocenters. The molecule has 0 amide bonds. The van der Waals surface area contributed by atoms with Gasteiger partial charge in [0.25, 0.3) is 5.92 Å². The van der Waals surface area contributed by atoms with Gasteiger partial charge in [0, 0.05) is 25.6 Å². The molecule has 7 nitrogen and oxygen atoms in total. The van der Waals surface area contributed by atoms with Crippen molar-refractivity contribution >= 4 is 17.3 Å². The zero-order valence-electron chi connectivity index (χ0n) is 15.3. The van der Waals surface area contributed by atoms with Crippen LogP contribution in [0.3, 0.4) is 0 Å². The van der Waals surface area contributed by atoms with Crippen LogP contribution in [0.15, 0.2) is 36.8 Å². The van der Waals surface area contributed by atoms with Crippen LogP contribution < -0.4 is 15.5 Å². The van der Waals surface area contributed by atoms with Gasteiger partial charge in [-0.15, -0.1) is 0 Å². The van der Waals surface area contributed by atoms with Crippen molar-refractivity contribution in [2.45, 2.75) is 24.8 Å². The summed E-state index contributed by atoms with van der Waals surface area (Å²) < 4.78 is 29.0. The fraction of sp³-hybridized carbons (Fsp3) is 0.421. The van der Waals surface area contributed by atoms with Crippen molar-refractivity contribution in [3.63, 3.8) is 0 Å². The molecule has 2 aliphatic rings. The third-order valence-corrected chi connectivity index (χ3v) is 5.30. The van der Waals surface area contributed by atoms with Crippen LogP contribution in [0.2, 0.25) is 0 Å². The van der Waals surface area contributed by atoms with Crippen molar-refractivity contribution < 1.29 is 8.78 Å². The molecule has 3 aromatic heterocycles. The number of hydrogen-bond donors (Lipinski definition) is 2. The van der Waals surface area contributed by atoms with Gasteiger partial charge in [-0.1, -0.05) is 6.07 Å². The monoisotopic (exact) mass is 385 g/mol. The van der Waals surface area contributed by atoms with Crippen LogP contribution in [0.25, 0.3) is 17.0 Å². The van der Waals surface area contributed by atoms with Crippen LogP contribution in [-0.2, 0) is 0 Å². The number of pyridine rings is 1. The van der Waals surface area contributed by atoms with E-state index in [0.717, 1.165) is 36.7 Å². The van der Waals surface area contributed by atoms with E-state index in [1.54, 1.807) is 23.5 Å². The van der Waals surface area contributed by atoms with Crippen LogP contribution in [-0.4, -0.2) is 57.5 Å². The lowest BCUT2D eigenvalue weighted by atomic mass is 10.2. The molecule has 0 radical (unpaired) electrons. The van der Waals surface area contributed by atoms with E-state index in [-0.39, 0.29) is 13.0 Å². The van der Waals surface area contributed by atoms with Gasteiger partial charge in [0.15, 0.2) is 5.65 Å². The lowest BCUT2D eigenvalue weighted by Gasteiger charge is -2.17. The van der Waals surface area contributed by atoms with E-state index in [2.05, 4.69) is 20.6 Å². The Kier molecular flexibility index (Phi) is 4.12. The van der Waals surface area contributed by atoms with Gasteiger partial charge in [-0.2, -0.15) is 0 Å². The van der Waals surface area contributed by atoms with E-state index in [4.69, 9.17) is 4.98 Å². The van der Waals surface area contributed by atoms with Gasteiger partial charge < -0.3 is 15.5 Å². The number of hydrogen-bond acceptors (Lipinski definition) is 6. The fourth-order valence-electron chi connectivity index (χ4n) is 3.81. The SMILES string of the molecule is FC1(F)CCN(c2cn3c(-c4cccc(N[C@@H]5CCNC5)n4)cnc3cn2)C1. The Balaban J connectivity index is 1.46. The van der Waals surface area contributed by atoms with Gasteiger partial charge in [0.1, 0.15) is 11.6 Å². The topological polar surface area (TPSA) is 70.4 Å². The molecule has 2 N–H and O–H groups in total. The zero-order valence-corrected chi connectivity index (χ0v) is 15.3. The highest BCUT2D eigenvalue weighted by molar-refractivity contribution is 5.63. The molecule has 2 aliphatic heterocycles. The first-order valence-corrected chi connectivity index (χ1v) is 9.48. The highest BCUT2D eigenvalue weighted by Gasteiger charge is 2.38. The van der Waals surface area contributed by atoms with Crippen molar-refractivity contribution in [2.24, 2.45) is 0 Å². The van der Waals surface area contributed by atoms with E-state index < -0.39 is 5.92 Å². The highest BCUT2D eigenvalue weighted by atomic mass is 19.3. The first kappa shape index (κ1) is 17.3. The summed E-state index contributed by atoms with van der Waals surface area (Å²) in [6, 6.07) is 6.20. The Labute approximate surface area is 160 Å². The molecule has 0 aromatic carbocycles. The summed E-state index contributed by atoms with van der Waals surface area (Å²) in [6.07, 6.45) is 6.04. The summed E-state index contributed by atoms with van der Waals surface area (Å²) in [5, 5.41) is 6.78. The Morgan fingerprint density at radius 1 is 1.21 bits per heavy atom. The largest absolute Gasteiger partial charge is 0.366 e. The molecular formula is C19H21F2N7. The van der Waals surface area contributed by atoms with Crippen LogP contribution in [0, 0.1) is 0 Å². The first-order chi connectivity index (χ1) is 13.6. The van der Waals surface area contributed by atoms with E-state index in [0.29, 0.717) is 24.1 Å². The van der Waals surface area contributed by atoms with E-state index in [9.17, 15) is 8.78 Å². The molecule has 0 spiro atoms. The minimum atomic E-state index is -2.66. The summed E-state index contributed by atoms with van der Waals surface area (Å²) in [4.78, 5) is 15.0. The van der Waals surface area contributed by atoms with Gasteiger partial charge >= 0.3 is 0 Å². The van der Waals surface area contributed by atoms with Crippen LogP contribution >= 0.6 is 0 Å². The summed E-state index contributed by atoms with van der Waals surface area (Å²) in [6.45, 7) is 1.93. The van der Waals surface area contributed by atoms with Gasteiger partial charge in [-0.25, -0.2) is 23.7 Å². The number of rotatable bonds is 4. The second kappa shape index (κ2) is 6.66. The van der Waals surface area contributed by atoms with Gasteiger partial charge in [-0.05, 0) is 25.1 Å². The maximum Gasteiger partial charge on any atom is 0.266 e. The number of nitrogens with one attached hydrogen (secondary N) is 2. The van der Waals surface area contributed by atoms with E-state index in [1.165, 1.54) is 0 Å². The average molecular weight is 385 g/mol. The Morgan fingerprint density at radius 2 is 2.14 bits per heavy atom. The molecule has 5 heterocycles. The smallest absolute Gasteiger partial charge is 0.266 e. The predicted molar refractivity (Wildman–Crippen MR) is 103 cm³/mol. The number of fused-ring (bicyclic) bond motifs is 1. The first-order valence-electron chi connectivity index (χ1n) is 9.48. The fourth-order valence-corrected chi connectivity index (χ4v) is 3.81. The normalized spacial score (nSPS) is 21.5. The molecule has 9 heteroatoms. The maximum absolute atomic E-state index is 13.6. The summed E-state index contributed by atoms with van der Waals surface area (Å²) in [5.74, 6) is -1.32. The van der Waals surface area contributed by atoms with Crippen molar-refractivity contribution in [1.29, 1.82) is 0 Å². The molecule has 3 aromatic rings. The van der Waals surface area contributed by atoms with E-state index >= 15 is 0 Å². The zero-order chi connectivity index (χ0) is 19.1. The molecule has 0 saturated carbocycles. The molecular weight excluding hydrogens is 364 g/mol.